The Morgan fingerprint density at radius 1 is 1.33 bits per heavy atom. The summed E-state index contributed by atoms with van der Waals surface area (Å²) in [5.41, 5.74) is 0.744. The van der Waals surface area contributed by atoms with E-state index in [0.717, 1.165) is 15.0 Å². The van der Waals surface area contributed by atoms with Crippen LogP contribution in [0.2, 0.25) is 0 Å². The van der Waals surface area contributed by atoms with E-state index in [1.807, 2.05) is 11.4 Å². The van der Waals surface area contributed by atoms with Gasteiger partial charge >= 0.3 is 6.61 Å². The molecule has 0 unspecified atom stereocenters. The Labute approximate surface area is 116 Å². The van der Waals surface area contributed by atoms with E-state index in [2.05, 4.69) is 26.0 Å². The van der Waals surface area contributed by atoms with Crippen molar-refractivity contribution in [3.05, 3.63) is 45.1 Å². The molecule has 0 aliphatic rings. The molecule has 0 aliphatic carbocycles. The van der Waals surface area contributed by atoms with Crippen molar-refractivity contribution in [3.63, 3.8) is 0 Å². The van der Waals surface area contributed by atoms with Gasteiger partial charge in [-0.1, -0.05) is 6.07 Å². The van der Waals surface area contributed by atoms with Crippen molar-refractivity contribution in [2.45, 2.75) is 13.2 Å². The number of hydrogen-bond acceptors (Lipinski definition) is 3. The molecule has 6 heteroatoms. The molecule has 2 rings (SSSR count). The minimum absolute atomic E-state index is 0.153. The van der Waals surface area contributed by atoms with Crippen LogP contribution >= 0.6 is 27.3 Å². The Morgan fingerprint density at radius 2 is 2.17 bits per heavy atom. The van der Waals surface area contributed by atoms with E-state index in [1.54, 1.807) is 29.5 Å². The first-order valence-electron chi connectivity index (χ1n) is 5.16. The molecular weight excluding hydrogens is 324 g/mol. The smallest absolute Gasteiger partial charge is 0.387 e. The largest absolute Gasteiger partial charge is 0.435 e. The van der Waals surface area contributed by atoms with Gasteiger partial charge in [0.25, 0.3) is 0 Å². The Kier molecular flexibility index (Phi) is 4.54. The number of benzene rings is 1. The van der Waals surface area contributed by atoms with Crippen LogP contribution < -0.4 is 10.1 Å². The zero-order valence-electron chi connectivity index (χ0n) is 9.20. The van der Waals surface area contributed by atoms with Crippen molar-refractivity contribution in [3.8, 4) is 5.75 Å². The van der Waals surface area contributed by atoms with Crippen LogP contribution in [0.25, 0.3) is 0 Å². The maximum Gasteiger partial charge on any atom is 0.387 e. The van der Waals surface area contributed by atoms with Gasteiger partial charge in [0.2, 0.25) is 0 Å². The number of hydrogen-bond donors (Lipinski definition) is 1. The van der Waals surface area contributed by atoms with Gasteiger partial charge in [0.05, 0.1) is 6.54 Å². The number of alkyl halides is 2. The zero-order chi connectivity index (χ0) is 13.0. The van der Waals surface area contributed by atoms with E-state index in [-0.39, 0.29) is 5.75 Å². The third-order valence-corrected chi connectivity index (χ3v) is 4.13. The molecule has 0 amide bonds. The van der Waals surface area contributed by atoms with E-state index >= 15 is 0 Å². The first-order valence-corrected chi connectivity index (χ1v) is 6.83. The monoisotopic (exact) mass is 333 g/mol. The minimum Gasteiger partial charge on any atom is -0.435 e. The summed E-state index contributed by atoms with van der Waals surface area (Å²) in [5.74, 6) is 0.153. The molecule has 18 heavy (non-hydrogen) atoms. The van der Waals surface area contributed by atoms with E-state index < -0.39 is 6.61 Å². The Hall–Kier alpha value is -1.14. The lowest BCUT2D eigenvalue weighted by molar-refractivity contribution is -0.0498. The molecule has 0 radical (unpaired) electrons. The Morgan fingerprint density at radius 3 is 2.83 bits per heavy atom. The van der Waals surface area contributed by atoms with Crippen molar-refractivity contribution in [1.82, 2.24) is 0 Å². The van der Waals surface area contributed by atoms with E-state index in [9.17, 15) is 8.78 Å². The first kappa shape index (κ1) is 13.3. The highest BCUT2D eigenvalue weighted by Gasteiger charge is 2.05. The van der Waals surface area contributed by atoms with Crippen molar-refractivity contribution in [2.75, 3.05) is 5.32 Å². The molecule has 0 saturated carbocycles. The number of nitrogens with one attached hydrogen (secondary N) is 1. The second-order valence-electron chi connectivity index (χ2n) is 3.45. The number of anilines is 1. The number of halogens is 3. The highest BCUT2D eigenvalue weighted by atomic mass is 79.9. The molecule has 0 aliphatic heterocycles. The van der Waals surface area contributed by atoms with Crippen LogP contribution in [-0.4, -0.2) is 6.61 Å². The van der Waals surface area contributed by atoms with Gasteiger partial charge in [-0.2, -0.15) is 8.78 Å². The lowest BCUT2D eigenvalue weighted by atomic mass is 10.3. The van der Waals surface area contributed by atoms with Crippen molar-refractivity contribution in [2.24, 2.45) is 0 Å². The fraction of sp³-hybridized carbons (Fsp3) is 0.167. The average Bonchev–Trinajstić information content (AvgIpc) is 2.72. The third-order valence-electron chi connectivity index (χ3n) is 2.20. The number of rotatable bonds is 5. The van der Waals surface area contributed by atoms with E-state index in [0.29, 0.717) is 6.54 Å². The zero-order valence-corrected chi connectivity index (χ0v) is 11.6. The maximum absolute atomic E-state index is 12.1. The van der Waals surface area contributed by atoms with Crippen molar-refractivity contribution >= 4 is 33.0 Å². The van der Waals surface area contributed by atoms with Crippen LogP contribution in [0, 0.1) is 0 Å². The third kappa shape index (κ3) is 3.68. The van der Waals surface area contributed by atoms with Gasteiger partial charge in [-0.05, 0) is 39.5 Å². The lowest BCUT2D eigenvalue weighted by Crippen LogP contribution is -2.03. The lowest BCUT2D eigenvalue weighted by Gasteiger charge is -2.08. The van der Waals surface area contributed by atoms with Crippen molar-refractivity contribution in [1.29, 1.82) is 0 Å². The molecule has 1 aromatic carbocycles. The van der Waals surface area contributed by atoms with Gasteiger partial charge < -0.3 is 10.1 Å². The Bertz CT molecular complexity index is 518. The molecule has 0 saturated heterocycles. The van der Waals surface area contributed by atoms with Crippen LogP contribution in [0.1, 0.15) is 4.88 Å². The molecule has 1 N–H and O–H groups in total. The second kappa shape index (κ2) is 6.15. The van der Waals surface area contributed by atoms with Crippen LogP contribution in [0.15, 0.2) is 40.2 Å². The second-order valence-corrected chi connectivity index (χ2v) is 5.31. The topological polar surface area (TPSA) is 21.3 Å². The summed E-state index contributed by atoms with van der Waals surface area (Å²) in [4.78, 5) is 1.15. The molecule has 0 bridgehead atoms. The predicted molar refractivity (Wildman–Crippen MR) is 72.4 cm³/mol. The van der Waals surface area contributed by atoms with Gasteiger partial charge in [-0.15, -0.1) is 11.3 Å². The summed E-state index contributed by atoms with van der Waals surface area (Å²) in [6.07, 6.45) is 0. The summed E-state index contributed by atoms with van der Waals surface area (Å²) in [6.45, 7) is -2.16. The fourth-order valence-electron chi connectivity index (χ4n) is 1.42. The van der Waals surface area contributed by atoms with Gasteiger partial charge in [-0.25, -0.2) is 0 Å². The highest BCUT2D eigenvalue weighted by Crippen LogP contribution is 2.25. The number of ether oxygens (including phenoxy) is 1. The fourth-order valence-corrected chi connectivity index (χ4v) is 2.85. The molecule has 2 aromatic rings. The van der Waals surface area contributed by atoms with E-state index in [1.165, 1.54) is 6.07 Å². The Balaban J connectivity index is 1.99. The van der Waals surface area contributed by atoms with Gasteiger partial charge in [0.1, 0.15) is 5.75 Å². The predicted octanol–water partition coefficient (Wildman–Crippen LogP) is 4.72. The molecule has 0 spiro atoms. The van der Waals surface area contributed by atoms with Crippen molar-refractivity contribution < 1.29 is 13.5 Å². The molecular formula is C12H10BrF2NOS. The summed E-state index contributed by atoms with van der Waals surface area (Å²) >= 11 is 5.06. The van der Waals surface area contributed by atoms with Crippen LogP contribution in [-0.2, 0) is 6.54 Å². The molecule has 1 aromatic heterocycles. The SMILES string of the molecule is FC(F)Oc1cccc(NCc2sccc2Br)c1. The summed E-state index contributed by atoms with van der Waals surface area (Å²) < 4.78 is 29.5. The molecule has 0 fully saturated rings. The highest BCUT2D eigenvalue weighted by molar-refractivity contribution is 9.10. The summed E-state index contributed by atoms with van der Waals surface area (Å²) in [6, 6.07) is 8.49. The van der Waals surface area contributed by atoms with Crippen LogP contribution in [0.3, 0.4) is 0 Å². The van der Waals surface area contributed by atoms with Gasteiger partial charge in [0, 0.05) is 21.1 Å². The van der Waals surface area contributed by atoms with Gasteiger partial charge in [0.15, 0.2) is 0 Å². The summed E-state index contributed by atoms with van der Waals surface area (Å²) in [7, 11) is 0. The standard InChI is InChI=1S/C12H10BrF2NOS/c13-10-4-5-18-11(10)7-16-8-2-1-3-9(6-8)17-12(14)15/h1-6,12,16H,7H2. The van der Waals surface area contributed by atoms with Gasteiger partial charge in [-0.3, -0.25) is 0 Å². The quantitative estimate of drug-likeness (QED) is 0.854. The maximum atomic E-state index is 12.1. The average molecular weight is 334 g/mol. The van der Waals surface area contributed by atoms with E-state index in [4.69, 9.17) is 0 Å². The minimum atomic E-state index is -2.80. The molecule has 1 heterocycles. The molecule has 0 atom stereocenters. The van der Waals surface area contributed by atoms with Crippen LogP contribution in [0.4, 0.5) is 14.5 Å². The molecule has 96 valence electrons. The number of thiophene rings is 1. The first-order chi connectivity index (χ1) is 8.65. The van der Waals surface area contributed by atoms with Crippen LogP contribution in [0.5, 0.6) is 5.75 Å². The molecule has 2 nitrogen and oxygen atoms in total. The normalized spacial score (nSPS) is 10.7. The summed E-state index contributed by atoms with van der Waals surface area (Å²) in [5, 5.41) is 5.14.